The van der Waals surface area contributed by atoms with Gasteiger partial charge in [-0.3, -0.25) is 0 Å². The van der Waals surface area contributed by atoms with Crippen LogP contribution in [0.4, 0.5) is 17.1 Å². The second kappa shape index (κ2) is 13.7. The molecule has 0 bridgehead atoms. The van der Waals surface area contributed by atoms with Crippen LogP contribution in [0.3, 0.4) is 0 Å². The molecule has 0 aliphatic heterocycles. The van der Waals surface area contributed by atoms with Gasteiger partial charge < -0.3 is 9.47 Å². The van der Waals surface area contributed by atoms with Gasteiger partial charge in [-0.05, 0) is 139 Å². The van der Waals surface area contributed by atoms with Gasteiger partial charge in [-0.15, -0.1) is 0 Å². The predicted octanol–water partition coefficient (Wildman–Crippen LogP) is 16.6. The molecule has 1 atom stereocenters. The molecular formula is C64H44N2. The predicted molar refractivity (Wildman–Crippen MR) is 275 cm³/mol. The van der Waals surface area contributed by atoms with E-state index in [0.29, 0.717) is 0 Å². The van der Waals surface area contributed by atoms with E-state index in [1.165, 1.54) is 105 Å². The van der Waals surface area contributed by atoms with Crippen LogP contribution in [0.1, 0.15) is 47.2 Å². The van der Waals surface area contributed by atoms with Crippen LogP contribution in [0.15, 0.2) is 231 Å². The highest BCUT2D eigenvalue weighted by molar-refractivity contribution is 6.19. The van der Waals surface area contributed by atoms with Crippen LogP contribution >= 0.6 is 0 Å². The normalized spacial score (nSPS) is 15.6. The Bertz CT molecular complexity index is 3780. The summed E-state index contributed by atoms with van der Waals surface area (Å²) < 4.78 is 2.45. The molecule has 2 heteroatoms. The molecule has 0 radical (unpaired) electrons. The number of hydrogen-bond donors (Lipinski definition) is 0. The average molecular weight is 841 g/mol. The van der Waals surface area contributed by atoms with Crippen LogP contribution in [0.2, 0.25) is 0 Å². The van der Waals surface area contributed by atoms with Crippen LogP contribution in [0.5, 0.6) is 0 Å². The summed E-state index contributed by atoms with van der Waals surface area (Å²) in [5.74, 6) is 0. The van der Waals surface area contributed by atoms with Gasteiger partial charge >= 0.3 is 0 Å². The zero-order valence-corrected chi connectivity index (χ0v) is 36.8. The molecule has 66 heavy (non-hydrogen) atoms. The highest BCUT2D eigenvalue weighted by atomic mass is 15.1. The van der Waals surface area contributed by atoms with Crippen molar-refractivity contribution in [2.75, 3.05) is 4.90 Å². The van der Waals surface area contributed by atoms with E-state index < -0.39 is 5.41 Å². The Kier molecular flexibility index (Phi) is 7.70. The molecule has 0 saturated heterocycles. The smallest absolute Gasteiger partial charge is 0.0726 e. The maximum Gasteiger partial charge on any atom is 0.0726 e. The highest BCUT2D eigenvalue weighted by Crippen LogP contribution is 2.65. The van der Waals surface area contributed by atoms with Crippen molar-refractivity contribution in [3.63, 3.8) is 0 Å². The average Bonchev–Trinajstić information content (AvgIpc) is 4.05. The molecule has 310 valence electrons. The quantitative estimate of drug-likeness (QED) is 0.168. The van der Waals surface area contributed by atoms with Crippen molar-refractivity contribution in [1.82, 2.24) is 4.57 Å². The van der Waals surface area contributed by atoms with E-state index in [-0.39, 0.29) is 5.41 Å². The maximum absolute atomic E-state index is 2.52. The van der Waals surface area contributed by atoms with E-state index in [9.17, 15) is 0 Å². The lowest BCUT2D eigenvalue weighted by Gasteiger charge is -2.32. The molecule has 3 aliphatic rings. The summed E-state index contributed by atoms with van der Waals surface area (Å²) in [6, 6.07) is 86.2. The third-order valence-corrected chi connectivity index (χ3v) is 15.2. The summed E-state index contributed by atoms with van der Waals surface area (Å²) in [6.07, 6.45) is 0. The third kappa shape index (κ3) is 4.91. The summed E-state index contributed by atoms with van der Waals surface area (Å²) >= 11 is 0. The Morgan fingerprint density at radius 1 is 0.348 bits per heavy atom. The molecule has 0 fully saturated rings. The molecule has 1 spiro atoms. The number of benzene rings is 10. The van der Waals surface area contributed by atoms with Crippen molar-refractivity contribution < 1.29 is 0 Å². The molecule has 1 heterocycles. The van der Waals surface area contributed by atoms with E-state index in [2.05, 4.69) is 254 Å². The Labute approximate surface area is 385 Å². The number of rotatable bonds is 5. The van der Waals surface area contributed by atoms with Crippen LogP contribution in [-0.2, 0) is 10.8 Å². The van der Waals surface area contributed by atoms with Gasteiger partial charge in [-0.1, -0.05) is 184 Å². The van der Waals surface area contributed by atoms with E-state index in [0.717, 1.165) is 17.1 Å². The zero-order chi connectivity index (χ0) is 43.7. The monoisotopic (exact) mass is 840 g/mol. The molecule has 10 aromatic carbocycles. The van der Waals surface area contributed by atoms with Gasteiger partial charge in [0, 0.05) is 38.9 Å². The summed E-state index contributed by atoms with van der Waals surface area (Å²) in [6.45, 7) is 4.75. The number of anilines is 3. The lowest BCUT2D eigenvalue weighted by atomic mass is 9.70. The van der Waals surface area contributed by atoms with Crippen molar-refractivity contribution in [2.45, 2.75) is 24.7 Å². The fourth-order valence-electron chi connectivity index (χ4n) is 12.4. The fraction of sp³-hybridized carbons (Fsp3) is 0.0625. The Morgan fingerprint density at radius 3 is 1.59 bits per heavy atom. The first kappa shape index (κ1) is 37.2. The van der Waals surface area contributed by atoms with Crippen LogP contribution < -0.4 is 4.90 Å². The zero-order valence-electron chi connectivity index (χ0n) is 36.8. The SMILES string of the molecule is CC1(C)c2ccccc2-c2ccc(N(c3ccc(-c4ccccc4)cc3)c3ccc4c(c3)C3(c5ccccc5-4)c4ccccc4-c4c3ccc3c4c4ccccc4n3-c3ccccc3)cc21. The van der Waals surface area contributed by atoms with E-state index >= 15 is 0 Å². The highest BCUT2D eigenvalue weighted by Gasteiger charge is 2.52. The number of aromatic nitrogens is 1. The minimum absolute atomic E-state index is 0.138. The standard InChI is InChI=1S/C64H44N2/c1-63(2)53-25-13-9-21-47(53)49-35-33-45(39-57(49)63)65(44-31-29-42(30-32-44)41-17-5-3-6-18-41)46-34-36-50-48-22-10-14-26-54(48)64(58(50)40-46)55-27-15-11-23-51(55)61-56(64)37-38-60-62(61)52-24-12-16-28-59(52)66(60)43-19-7-4-8-20-43/h3-40H,1-2H3. The lowest BCUT2D eigenvalue weighted by Crippen LogP contribution is -2.26. The summed E-state index contributed by atoms with van der Waals surface area (Å²) in [5.41, 5.74) is 24.7. The van der Waals surface area contributed by atoms with Gasteiger partial charge in [0.1, 0.15) is 0 Å². The summed E-state index contributed by atoms with van der Waals surface area (Å²) in [4.78, 5) is 2.49. The van der Waals surface area contributed by atoms with Gasteiger partial charge in [0.2, 0.25) is 0 Å². The minimum atomic E-state index is -0.539. The first-order valence-corrected chi connectivity index (χ1v) is 23.2. The molecule has 0 saturated carbocycles. The van der Waals surface area contributed by atoms with Crippen molar-refractivity contribution in [2.24, 2.45) is 0 Å². The Morgan fingerprint density at radius 2 is 0.864 bits per heavy atom. The number of para-hydroxylation sites is 2. The van der Waals surface area contributed by atoms with E-state index in [4.69, 9.17) is 0 Å². The third-order valence-electron chi connectivity index (χ3n) is 15.2. The summed E-state index contributed by atoms with van der Waals surface area (Å²) in [7, 11) is 0. The van der Waals surface area contributed by atoms with Crippen molar-refractivity contribution in [3.05, 3.63) is 264 Å². The topological polar surface area (TPSA) is 8.17 Å². The second-order valence-corrected chi connectivity index (χ2v) is 18.8. The Hall–Kier alpha value is -8.20. The largest absolute Gasteiger partial charge is 0.310 e. The maximum atomic E-state index is 2.52. The van der Waals surface area contributed by atoms with Crippen LogP contribution in [0.25, 0.3) is 72.0 Å². The first-order chi connectivity index (χ1) is 32.5. The lowest BCUT2D eigenvalue weighted by molar-refractivity contribution is 0.660. The molecule has 1 aromatic heterocycles. The van der Waals surface area contributed by atoms with E-state index in [1.54, 1.807) is 0 Å². The summed E-state index contributed by atoms with van der Waals surface area (Å²) in [5, 5.41) is 2.58. The number of hydrogen-bond acceptors (Lipinski definition) is 1. The Balaban J connectivity index is 1.03. The van der Waals surface area contributed by atoms with Gasteiger partial charge in [0.25, 0.3) is 0 Å². The fourth-order valence-corrected chi connectivity index (χ4v) is 12.4. The molecule has 0 N–H and O–H groups in total. The molecule has 3 aliphatic carbocycles. The minimum Gasteiger partial charge on any atom is -0.310 e. The van der Waals surface area contributed by atoms with Crippen molar-refractivity contribution >= 4 is 38.9 Å². The molecular weight excluding hydrogens is 797 g/mol. The van der Waals surface area contributed by atoms with Gasteiger partial charge in [-0.2, -0.15) is 0 Å². The molecule has 11 aromatic rings. The molecule has 14 rings (SSSR count). The van der Waals surface area contributed by atoms with Crippen LogP contribution in [0, 0.1) is 0 Å². The number of nitrogens with zero attached hydrogens (tertiary/aromatic N) is 2. The van der Waals surface area contributed by atoms with Crippen molar-refractivity contribution in [3.8, 4) is 50.2 Å². The molecule has 0 amide bonds. The van der Waals surface area contributed by atoms with Crippen molar-refractivity contribution in [1.29, 1.82) is 0 Å². The van der Waals surface area contributed by atoms with Gasteiger partial charge in [-0.25, -0.2) is 0 Å². The molecule has 2 nitrogen and oxygen atoms in total. The van der Waals surface area contributed by atoms with Crippen LogP contribution in [-0.4, -0.2) is 4.57 Å². The molecule has 1 unspecified atom stereocenters. The number of fused-ring (bicyclic) bond motifs is 17. The van der Waals surface area contributed by atoms with Gasteiger partial charge in [0.05, 0.1) is 16.4 Å². The van der Waals surface area contributed by atoms with Gasteiger partial charge in [0.15, 0.2) is 0 Å². The van der Waals surface area contributed by atoms with E-state index in [1.807, 2.05) is 0 Å². The first-order valence-electron chi connectivity index (χ1n) is 23.2. The second-order valence-electron chi connectivity index (χ2n) is 18.8.